The van der Waals surface area contributed by atoms with Gasteiger partial charge in [0.15, 0.2) is 0 Å². The van der Waals surface area contributed by atoms with Crippen molar-refractivity contribution in [3.05, 3.63) is 119 Å². The van der Waals surface area contributed by atoms with E-state index in [-0.39, 0.29) is 18.4 Å². The molecule has 0 radical (unpaired) electrons. The van der Waals surface area contributed by atoms with E-state index < -0.39 is 5.91 Å². The number of amides is 3. The Hall–Kier alpha value is -4.75. The molecular formula is C30H24N2O5. The molecule has 0 spiro atoms. The van der Waals surface area contributed by atoms with Crippen LogP contribution in [0.5, 0.6) is 5.75 Å². The Morgan fingerprint density at radius 1 is 0.838 bits per heavy atom. The van der Waals surface area contributed by atoms with Crippen molar-refractivity contribution in [1.29, 1.82) is 0 Å². The summed E-state index contributed by atoms with van der Waals surface area (Å²) in [5.74, 6) is -0.490. The van der Waals surface area contributed by atoms with E-state index in [1.807, 2.05) is 48.5 Å². The summed E-state index contributed by atoms with van der Waals surface area (Å²) in [6.07, 6.45) is 2.35. The standard InChI is InChI=1S/C30H24N2O5/c33-28(31-36)23-14-12-20(13-15-23)18-21(19-32-29(34)25-9-3-4-10-26(25)30(32)35)16-17-37-27-11-5-7-22-6-1-2-8-24(22)27/h1-15,18,36H,16-17,19H2,(H,31,33). The topological polar surface area (TPSA) is 95.9 Å². The SMILES string of the molecule is O=C(NO)c1ccc(C=C(CCOc2cccc3ccccc23)CN2C(=O)c3ccccc3C2=O)cc1. The largest absolute Gasteiger partial charge is 0.493 e. The third kappa shape index (κ3) is 4.98. The maximum atomic E-state index is 13.0. The Balaban J connectivity index is 1.38. The lowest BCUT2D eigenvalue weighted by Gasteiger charge is -2.18. The van der Waals surface area contributed by atoms with Crippen LogP contribution in [0.15, 0.2) is 96.6 Å². The van der Waals surface area contributed by atoms with Crippen LogP contribution in [0.4, 0.5) is 0 Å². The number of rotatable bonds is 8. The number of carbonyl (C=O) groups excluding carboxylic acids is 3. The Morgan fingerprint density at radius 2 is 1.49 bits per heavy atom. The van der Waals surface area contributed by atoms with Gasteiger partial charge in [-0.2, -0.15) is 0 Å². The molecule has 1 heterocycles. The minimum Gasteiger partial charge on any atom is -0.493 e. The minimum atomic E-state index is -0.606. The van der Waals surface area contributed by atoms with Crippen LogP contribution in [0.1, 0.15) is 43.1 Å². The Labute approximate surface area is 213 Å². The highest BCUT2D eigenvalue weighted by Crippen LogP contribution is 2.27. The molecule has 3 amide bonds. The van der Waals surface area contributed by atoms with E-state index in [9.17, 15) is 14.4 Å². The highest BCUT2D eigenvalue weighted by atomic mass is 16.5. The number of carbonyl (C=O) groups is 3. The van der Waals surface area contributed by atoms with Gasteiger partial charge in [0.2, 0.25) is 0 Å². The highest BCUT2D eigenvalue weighted by molar-refractivity contribution is 6.21. The van der Waals surface area contributed by atoms with Gasteiger partial charge in [0.05, 0.1) is 24.3 Å². The lowest BCUT2D eigenvalue weighted by molar-refractivity contribution is 0.0665. The van der Waals surface area contributed by atoms with Gasteiger partial charge < -0.3 is 4.74 Å². The van der Waals surface area contributed by atoms with E-state index >= 15 is 0 Å². The van der Waals surface area contributed by atoms with Crippen LogP contribution in [0.25, 0.3) is 16.8 Å². The summed E-state index contributed by atoms with van der Waals surface area (Å²) in [6, 6.07) is 27.3. The number of nitrogens with one attached hydrogen (secondary N) is 1. The Kier molecular flexibility index (Phi) is 6.78. The Bertz CT molecular complexity index is 1480. The second-order valence-electron chi connectivity index (χ2n) is 8.68. The number of hydroxylamine groups is 1. The fourth-order valence-corrected chi connectivity index (χ4v) is 4.43. The average Bonchev–Trinajstić information content (AvgIpc) is 3.18. The molecule has 0 bridgehead atoms. The lowest BCUT2D eigenvalue weighted by Crippen LogP contribution is -2.32. The monoisotopic (exact) mass is 492 g/mol. The van der Waals surface area contributed by atoms with Gasteiger partial charge >= 0.3 is 0 Å². The van der Waals surface area contributed by atoms with Crippen LogP contribution in [0.3, 0.4) is 0 Å². The van der Waals surface area contributed by atoms with Crippen molar-refractivity contribution >= 4 is 34.6 Å². The van der Waals surface area contributed by atoms with Crippen molar-refractivity contribution in [2.75, 3.05) is 13.2 Å². The van der Waals surface area contributed by atoms with Crippen LogP contribution < -0.4 is 10.2 Å². The van der Waals surface area contributed by atoms with Crippen molar-refractivity contribution in [1.82, 2.24) is 10.4 Å². The maximum absolute atomic E-state index is 13.0. The molecule has 0 aliphatic carbocycles. The normalized spacial score (nSPS) is 13.1. The van der Waals surface area contributed by atoms with Crippen molar-refractivity contribution in [3.63, 3.8) is 0 Å². The van der Waals surface area contributed by atoms with Gasteiger partial charge in [-0.05, 0) is 46.9 Å². The summed E-state index contributed by atoms with van der Waals surface area (Å²) in [7, 11) is 0. The predicted molar refractivity (Wildman–Crippen MR) is 140 cm³/mol. The van der Waals surface area contributed by atoms with Crippen molar-refractivity contribution in [2.45, 2.75) is 6.42 Å². The zero-order valence-electron chi connectivity index (χ0n) is 19.9. The first-order valence-corrected chi connectivity index (χ1v) is 11.8. The molecular weight excluding hydrogens is 468 g/mol. The molecule has 1 aliphatic rings. The fraction of sp³-hybridized carbons (Fsp3) is 0.100. The zero-order chi connectivity index (χ0) is 25.8. The van der Waals surface area contributed by atoms with Crippen LogP contribution in [-0.4, -0.2) is 41.0 Å². The molecule has 7 nitrogen and oxygen atoms in total. The molecule has 4 aromatic carbocycles. The number of hydrogen-bond donors (Lipinski definition) is 2. The predicted octanol–water partition coefficient (Wildman–Crippen LogP) is 5.11. The number of ether oxygens (including phenoxy) is 1. The lowest BCUT2D eigenvalue weighted by atomic mass is 10.1. The number of fused-ring (bicyclic) bond motifs is 2. The van der Waals surface area contributed by atoms with Gasteiger partial charge in [0, 0.05) is 17.4 Å². The van der Waals surface area contributed by atoms with Gasteiger partial charge in [-0.25, -0.2) is 5.48 Å². The van der Waals surface area contributed by atoms with Gasteiger partial charge in [0.1, 0.15) is 5.75 Å². The molecule has 0 fully saturated rings. The molecule has 0 unspecified atom stereocenters. The van der Waals surface area contributed by atoms with E-state index in [0.717, 1.165) is 27.7 Å². The maximum Gasteiger partial charge on any atom is 0.274 e. The van der Waals surface area contributed by atoms with E-state index in [1.165, 1.54) is 4.90 Å². The average molecular weight is 493 g/mol. The quantitative estimate of drug-likeness (QED) is 0.203. The zero-order valence-corrected chi connectivity index (χ0v) is 19.9. The molecule has 1 aliphatic heterocycles. The first kappa shape index (κ1) is 24.0. The van der Waals surface area contributed by atoms with Gasteiger partial charge in [-0.15, -0.1) is 0 Å². The molecule has 0 saturated heterocycles. The summed E-state index contributed by atoms with van der Waals surface area (Å²) >= 11 is 0. The van der Waals surface area contributed by atoms with Gasteiger partial charge in [0.25, 0.3) is 17.7 Å². The molecule has 0 aromatic heterocycles. The first-order valence-electron chi connectivity index (χ1n) is 11.8. The summed E-state index contributed by atoms with van der Waals surface area (Å²) < 4.78 is 6.12. The molecule has 4 aromatic rings. The van der Waals surface area contributed by atoms with Gasteiger partial charge in [-0.3, -0.25) is 24.5 Å². The molecule has 2 N–H and O–H groups in total. The number of benzene rings is 4. The third-order valence-corrected chi connectivity index (χ3v) is 6.31. The Morgan fingerprint density at radius 3 is 2.19 bits per heavy atom. The van der Waals surface area contributed by atoms with Crippen LogP contribution in [0.2, 0.25) is 0 Å². The van der Waals surface area contributed by atoms with Crippen LogP contribution in [0, 0.1) is 0 Å². The first-order chi connectivity index (χ1) is 18.0. The van der Waals surface area contributed by atoms with Gasteiger partial charge in [-0.1, -0.05) is 66.7 Å². The summed E-state index contributed by atoms with van der Waals surface area (Å²) in [5.41, 5.74) is 4.32. The summed E-state index contributed by atoms with van der Waals surface area (Å²) in [4.78, 5) is 38.8. The van der Waals surface area contributed by atoms with E-state index in [1.54, 1.807) is 54.0 Å². The third-order valence-electron chi connectivity index (χ3n) is 6.31. The number of nitrogens with zero attached hydrogens (tertiary/aromatic N) is 1. The molecule has 7 heteroatoms. The second kappa shape index (κ2) is 10.5. The van der Waals surface area contributed by atoms with Crippen molar-refractivity contribution in [2.24, 2.45) is 0 Å². The van der Waals surface area contributed by atoms with Crippen LogP contribution in [-0.2, 0) is 0 Å². The molecule has 0 saturated carbocycles. The summed E-state index contributed by atoms with van der Waals surface area (Å²) in [5, 5.41) is 10.9. The van der Waals surface area contributed by atoms with Crippen molar-refractivity contribution < 1.29 is 24.3 Å². The molecule has 37 heavy (non-hydrogen) atoms. The van der Waals surface area contributed by atoms with E-state index in [2.05, 4.69) is 0 Å². The number of hydrogen-bond acceptors (Lipinski definition) is 5. The molecule has 184 valence electrons. The minimum absolute atomic E-state index is 0.115. The van der Waals surface area contributed by atoms with E-state index in [0.29, 0.717) is 29.7 Å². The van der Waals surface area contributed by atoms with Crippen LogP contribution >= 0.6 is 0 Å². The smallest absolute Gasteiger partial charge is 0.274 e. The molecule has 0 atom stereocenters. The summed E-state index contributed by atoms with van der Waals surface area (Å²) in [6.45, 7) is 0.456. The number of imide groups is 1. The highest BCUT2D eigenvalue weighted by Gasteiger charge is 2.35. The second-order valence-corrected chi connectivity index (χ2v) is 8.68. The fourth-order valence-electron chi connectivity index (χ4n) is 4.43. The van der Waals surface area contributed by atoms with E-state index in [4.69, 9.17) is 9.94 Å². The van der Waals surface area contributed by atoms with Crippen molar-refractivity contribution in [3.8, 4) is 5.75 Å². The molecule has 5 rings (SSSR count).